The molecule has 19 heavy (non-hydrogen) atoms. The highest BCUT2D eigenvalue weighted by molar-refractivity contribution is 5.36. The zero-order valence-corrected chi connectivity index (χ0v) is 13.2. The lowest BCUT2D eigenvalue weighted by atomic mass is 9.84. The number of benzene rings is 1. The SMILES string of the molecule is CC(C)C[C@@H]1Cc2ccc(C(C)(C)C)cc2CCN1. The average Bonchev–Trinajstić information content (AvgIpc) is 2.47. The molecule has 1 heterocycles. The lowest BCUT2D eigenvalue weighted by molar-refractivity contribution is 0.426. The van der Waals surface area contributed by atoms with Crippen molar-refractivity contribution in [3.8, 4) is 0 Å². The average molecular weight is 259 g/mol. The fraction of sp³-hybridized carbons (Fsp3) is 0.667. The maximum Gasteiger partial charge on any atom is 0.0110 e. The van der Waals surface area contributed by atoms with Gasteiger partial charge in [0, 0.05) is 6.04 Å². The Morgan fingerprint density at radius 1 is 1.21 bits per heavy atom. The van der Waals surface area contributed by atoms with Gasteiger partial charge in [-0.05, 0) is 53.8 Å². The Kier molecular flexibility index (Phi) is 4.35. The van der Waals surface area contributed by atoms with Crippen molar-refractivity contribution in [3.05, 3.63) is 34.9 Å². The zero-order valence-electron chi connectivity index (χ0n) is 13.2. The van der Waals surface area contributed by atoms with Crippen LogP contribution in [0.15, 0.2) is 18.2 Å². The molecule has 0 saturated carbocycles. The van der Waals surface area contributed by atoms with E-state index in [-0.39, 0.29) is 5.41 Å². The maximum absolute atomic E-state index is 3.72. The fourth-order valence-electron chi connectivity index (χ4n) is 3.01. The molecular formula is C18H29N. The molecular weight excluding hydrogens is 230 g/mol. The van der Waals surface area contributed by atoms with Crippen molar-refractivity contribution in [2.45, 2.75) is 65.3 Å². The van der Waals surface area contributed by atoms with E-state index >= 15 is 0 Å². The van der Waals surface area contributed by atoms with Gasteiger partial charge >= 0.3 is 0 Å². The first-order valence-corrected chi connectivity index (χ1v) is 7.72. The third-order valence-corrected chi connectivity index (χ3v) is 4.12. The number of fused-ring (bicyclic) bond motifs is 1. The Morgan fingerprint density at radius 3 is 2.58 bits per heavy atom. The van der Waals surface area contributed by atoms with E-state index in [4.69, 9.17) is 0 Å². The van der Waals surface area contributed by atoms with Crippen LogP contribution in [0.4, 0.5) is 0 Å². The molecule has 1 aliphatic heterocycles. The molecule has 106 valence electrons. The molecule has 0 aromatic heterocycles. The van der Waals surface area contributed by atoms with Crippen LogP contribution >= 0.6 is 0 Å². The van der Waals surface area contributed by atoms with Crippen LogP contribution in [0.2, 0.25) is 0 Å². The summed E-state index contributed by atoms with van der Waals surface area (Å²) in [6.45, 7) is 12.6. The van der Waals surface area contributed by atoms with Gasteiger partial charge < -0.3 is 5.32 Å². The van der Waals surface area contributed by atoms with E-state index in [1.54, 1.807) is 11.1 Å². The van der Waals surface area contributed by atoms with E-state index in [0.29, 0.717) is 6.04 Å². The van der Waals surface area contributed by atoms with E-state index < -0.39 is 0 Å². The molecule has 1 N–H and O–H groups in total. The summed E-state index contributed by atoms with van der Waals surface area (Å²) in [4.78, 5) is 0. The number of nitrogens with one attached hydrogen (secondary N) is 1. The third-order valence-electron chi connectivity index (χ3n) is 4.12. The van der Waals surface area contributed by atoms with Gasteiger partial charge in [0.15, 0.2) is 0 Å². The Hall–Kier alpha value is -0.820. The number of rotatable bonds is 2. The fourth-order valence-corrected chi connectivity index (χ4v) is 3.01. The maximum atomic E-state index is 3.72. The minimum atomic E-state index is 0.256. The zero-order chi connectivity index (χ0) is 14.0. The lowest BCUT2D eigenvalue weighted by Gasteiger charge is -2.21. The normalized spacial score (nSPS) is 20.2. The summed E-state index contributed by atoms with van der Waals surface area (Å²) < 4.78 is 0. The summed E-state index contributed by atoms with van der Waals surface area (Å²) in [5.74, 6) is 0.771. The summed E-state index contributed by atoms with van der Waals surface area (Å²) in [6, 6.07) is 7.79. The van der Waals surface area contributed by atoms with E-state index in [1.165, 1.54) is 24.8 Å². The summed E-state index contributed by atoms with van der Waals surface area (Å²) >= 11 is 0. The van der Waals surface area contributed by atoms with Crippen LogP contribution in [-0.2, 0) is 18.3 Å². The molecule has 0 spiro atoms. The van der Waals surface area contributed by atoms with Gasteiger partial charge in [-0.15, -0.1) is 0 Å². The Bertz CT molecular complexity index is 426. The highest BCUT2D eigenvalue weighted by Crippen LogP contribution is 2.27. The van der Waals surface area contributed by atoms with Crippen LogP contribution in [0.5, 0.6) is 0 Å². The summed E-state index contributed by atoms with van der Waals surface area (Å²) in [5, 5.41) is 3.72. The van der Waals surface area contributed by atoms with Crippen molar-refractivity contribution in [1.29, 1.82) is 0 Å². The van der Waals surface area contributed by atoms with Crippen molar-refractivity contribution < 1.29 is 0 Å². The number of hydrogen-bond acceptors (Lipinski definition) is 1. The van der Waals surface area contributed by atoms with Crippen molar-refractivity contribution in [3.63, 3.8) is 0 Å². The van der Waals surface area contributed by atoms with Crippen molar-refractivity contribution in [2.24, 2.45) is 5.92 Å². The molecule has 0 unspecified atom stereocenters. The van der Waals surface area contributed by atoms with Crippen LogP contribution in [-0.4, -0.2) is 12.6 Å². The van der Waals surface area contributed by atoms with Gasteiger partial charge in [0.05, 0.1) is 0 Å². The molecule has 1 aromatic rings. The van der Waals surface area contributed by atoms with E-state index in [1.807, 2.05) is 0 Å². The van der Waals surface area contributed by atoms with E-state index in [9.17, 15) is 0 Å². The second-order valence-corrected chi connectivity index (χ2v) is 7.47. The molecule has 1 heteroatoms. The van der Waals surface area contributed by atoms with Gasteiger partial charge in [0.1, 0.15) is 0 Å². The highest BCUT2D eigenvalue weighted by atomic mass is 14.9. The smallest absolute Gasteiger partial charge is 0.0110 e. The topological polar surface area (TPSA) is 12.0 Å². The standard InChI is InChI=1S/C18H29N/c1-13(2)10-17-12-14-6-7-16(18(3,4)5)11-15(14)8-9-19-17/h6-7,11,13,17,19H,8-10,12H2,1-5H3/t17-/m1/s1. The predicted molar refractivity (Wildman–Crippen MR) is 83.8 cm³/mol. The van der Waals surface area contributed by atoms with Gasteiger partial charge in [0.2, 0.25) is 0 Å². The van der Waals surface area contributed by atoms with E-state index in [0.717, 1.165) is 12.5 Å². The highest BCUT2D eigenvalue weighted by Gasteiger charge is 2.20. The second kappa shape index (κ2) is 5.66. The molecule has 0 radical (unpaired) electrons. The van der Waals surface area contributed by atoms with Gasteiger partial charge in [-0.25, -0.2) is 0 Å². The lowest BCUT2D eigenvalue weighted by Crippen LogP contribution is -2.31. The van der Waals surface area contributed by atoms with Gasteiger partial charge in [0.25, 0.3) is 0 Å². The Balaban J connectivity index is 2.21. The molecule has 1 atom stereocenters. The molecule has 1 nitrogen and oxygen atoms in total. The van der Waals surface area contributed by atoms with Crippen LogP contribution in [0, 0.1) is 5.92 Å². The number of hydrogen-bond donors (Lipinski definition) is 1. The Morgan fingerprint density at radius 2 is 1.95 bits per heavy atom. The summed E-state index contributed by atoms with van der Waals surface area (Å²) in [7, 11) is 0. The first kappa shape index (κ1) is 14.6. The van der Waals surface area contributed by atoms with Gasteiger partial charge in [-0.2, -0.15) is 0 Å². The first-order valence-electron chi connectivity index (χ1n) is 7.72. The molecule has 2 rings (SSSR count). The monoisotopic (exact) mass is 259 g/mol. The second-order valence-electron chi connectivity index (χ2n) is 7.47. The van der Waals surface area contributed by atoms with Crippen LogP contribution in [0.25, 0.3) is 0 Å². The van der Waals surface area contributed by atoms with Crippen LogP contribution < -0.4 is 5.32 Å². The molecule has 0 amide bonds. The largest absolute Gasteiger partial charge is 0.313 e. The Labute approximate surface area is 118 Å². The van der Waals surface area contributed by atoms with Gasteiger partial charge in [-0.3, -0.25) is 0 Å². The minimum absolute atomic E-state index is 0.256. The molecule has 0 bridgehead atoms. The summed E-state index contributed by atoms with van der Waals surface area (Å²) in [5.41, 5.74) is 4.84. The molecule has 1 aliphatic rings. The quantitative estimate of drug-likeness (QED) is 0.843. The molecule has 0 saturated heterocycles. The minimum Gasteiger partial charge on any atom is -0.313 e. The van der Waals surface area contributed by atoms with Crippen LogP contribution in [0.1, 0.15) is 57.7 Å². The summed E-state index contributed by atoms with van der Waals surface area (Å²) in [6.07, 6.45) is 3.65. The third kappa shape index (κ3) is 3.82. The first-order chi connectivity index (χ1) is 8.86. The molecule has 0 fully saturated rings. The van der Waals surface area contributed by atoms with Crippen molar-refractivity contribution >= 4 is 0 Å². The van der Waals surface area contributed by atoms with Crippen molar-refractivity contribution in [2.75, 3.05) is 6.54 Å². The van der Waals surface area contributed by atoms with Gasteiger partial charge in [-0.1, -0.05) is 52.8 Å². The van der Waals surface area contributed by atoms with E-state index in [2.05, 4.69) is 58.1 Å². The molecule has 0 aliphatic carbocycles. The predicted octanol–water partition coefficient (Wildman–Crippen LogP) is 4.09. The molecule has 1 aromatic carbocycles. The van der Waals surface area contributed by atoms with Crippen LogP contribution in [0.3, 0.4) is 0 Å². The van der Waals surface area contributed by atoms with Crippen molar-refractivity contribution in [1.82, 2.24) is 5.32 Å².